The average molecular weight is 617 g/mol. The summed E-state index contributed by atoms with van der Waals surface area (Å²) in [4.78, 5) is 81.3. The Morgan fingerprint density at radius 2 is 2.03 bits per heavy atom. The first-order valence-electron chi connectivity index (χ1n) is 11.1. The summed E-state index contributed by atoms with van der Waals surface area (Å²) in [5.41, 5.74) is -0.677. The van der Waals surface area contributed by atoms with Gasteiger partial charge in [-0.2, -0.15) is 4.31 Å². The van der Waals surface area contributed by atoms with Crippen LogP contribution in [0.15, 0.2) is 28.3 Å². The second kappa shape index (κ2) is 13.5. The Balaban J connectivity index is 1.55. The van der Waals surface area contributed by atoms with Crippen LogP contribution in [0.25, 0.3) is 0 Å². The van der Waals surface area contributed by atoms with E-state index in [4.69, 9.17) is 14.5 Å². The van der Waals surface area contributed by atoms with Gasteiger partial charge in [-0.15, -0.1) is 0 Å². The van der Waals surface area contributed by atoms with Crippen LogP contribution < -0.4 is 16.6 Å². The molecule has 1 fully saturated rings. The maximum atomic E-state index is 12.4. The average Bonchev–Trinajstić information content (AvgIpc) is 3.44. The van der Waals surface area contributed by atoms with Crippen LogP contribution in [0, 0.1) is 0 Å². The van der Waals surface area contributed by atoms with E-state index < -0.39 is 60.5 Å². The van der Waals surface area contributed by atoms with Crippen molar-refractivity contribution in [2.45, 2.75) is 44.1 Å². The van der Waals surface area contributed by atoms with Crippen LogP contribution in [0.2, 0.25) is 0 Å². The molecule has 2 aromatic heterocycles. The molecule has 218 valence electrons. The molecule has 1 amide bonds. The number of phosphoric ester groups is 1. The molecule has 0 radical (unpaired) electrons. The van der Waals surface area contributed by atoms with E-state index in [1.54, 1.807) is 0 Å². The molecule has 1 aliphatic rings. The molecule has 0 aromatic carbocycles. The van der Waals surface area contributed by atoms with Crippen LogP contribution in [0.3, 0.4) is 0 Å². The predicted molar refractivity (Wildman–Crippen MR) is 129 cm³/mol. The first-order chi connectivity index (χ1) is 18.2. The molecule has 0 aliphatic carbocycles. The highest BCUT2D eigenvalue weighted by Crippen LogP contribution is 2.64. The topological polar surface area (TPSA) is 285 Å². The molecule has 0 spiro atoms. The quantitative estimate of drug-likeness (QED) is 0.0899. The van der Waals surface area contributed by atoms with E-state index in [1.807, 2.05) is 0 Å². The minimum absolute atomic E-state index is 0.106. The number of aliphatic hydroxyl groups excluding tert-OH is 1. The number of carbonyl (C=O) groups is 1. The first kappa shape index (κ1) is 31.4. The van der Waals surface area contributed by atoms with E-state index in [0.717, 1.165) is 4.57 Å². The van der Waals surface area contributed by atoms with Gasteiger partial charge in [-0.05, 0) is 12.8 Å². The zero-order valence-electron chi connectivity index (χ0n) is 19.9. The fraction of sp³-hybridized carbons (Fsp3) is 0.529. The van der Waals surface area contributed by atoms with E-state index >= 15 is 0 Å². The van der Waals surface area contributed by atoms with Crippen molar-refractivity contribution in [3.8, 4) is 0 Å². The van der Waals surface area contributed by atoms with Gasteiger partial charge in [-0.25, -0.2) is 23.2 Å². The van der Waals surface area contributed by atoms with Crippen LogP contribution in [-0.2, 0) is 44.6 Å². The molecular formula is C17H26N5O14P3. The van der Waals surface area contributed by atoms with Crippen LogP contribution in [0.1, 0.15) is 30.3 Å². The Hall–Kier alpha value is -2.11. The van der Waals surface area contributed by atoms with Crippen molar-refractivity contribution < 1.29 is 56.5 Å². The highest BCUT2D eigenvalue weighted by molar-refractivity contribution is 7.65. The lowest BCUT2D eigenvalue weighted by Gasteiger charge is -2.19. The number of H-pyrrole nitrogens is 2. The van der Waals surface area contributed by atoms with E-state index in [1.165, 1.54) is 18.7 Å². The van der Waals surface area contributed by atoms with Crippen molar-refractivity contribution in [1.29, 1.82) is 0 Å². The highest BCUT2D eigenvalue weighted by Gasteiger charge is 2.41. The summed E-state index contributed by atoms with van der Waals surface area (Å²) < 4.78 is 42.0. The number of aryl methyl sites for hydroxylation is 1. The van der Waals surface area contributed by atoms with Gasteiger partial charge in [-0.3, -0.25) is 23.7 Å². The minimum atomic E-state index is -5.37. The molecule has 5 atom stereocenters. The molecular weight excluding hydrogens is 591 g/mol. The Kier molecular flexibility index (Phi) is 10.9. The second-order valence-corrected chi connectivity index (χ2v) is 12.1. The zero-order chi connectivity index (χ0) is 28.8. The summed E-state index contributed by atoms with van der Waals surface area (Å²) >= 11 is 0. The number of amides is 1. The Bertz CT molecular complexity index is 1330. The van der Waals surface area contributed by atoms with E-state index in [2.05, 4.69) is 33.4 Å². The summed E-state index contributed by atoms with van der Waals surface area (Å²) in [6, 6.07) is 0. The summed E-state index contributed by atoms with van der Waals surface area (Å²) in [6.45, 7) is -0.599. The molecule has 3 heterocycles. The van der Waals surface area contributed by atoms with Gasteiger partial charge in [0.25, 0.3) is 5.56 Å². The van der Waals surface area contributed by atoms with E-state index in [9.17, 15) is 38.4 Å². The lowest BCUT2D eigenvalue weighted by atomic mass is 10.1. The van der Waals surface area contributed by atoms with E-state index in [0.29, 0.717) is 12.1 Å². The monoisotopic (exact) mass is 617 g/mol. The predicted octanol–water partition coefficient (Wildman–Crippen LogP) is -1.34. The Labute approximate surface area is 220 Å². The lowest BCUT2D eigenvalue weighted by Crippen LogP contribution is -2.34. The van der Waals surface area contributed by atoms with Gasteiger partial charge < -0.3 is 39.7 Å². The molecule has 22 heteroatoms. The third-order valence-corrected chi connectivity index (χ3v) is 8.73. The number of phosphoric acid groups is 2. The number of nitrogens with zero attached hydrogens (tertiary/aromatic N) is 2. The fourth-order valence-electron chi connectivity index (χ4n) is 3.51. The number of ether oxygens (including phenoxy) is 1. The number of hydrogen-bond donors (Lipinski definition) is 8. The molecule has 8 N–H and O–H groups in total. The summed E-state index contributed by atoms with van der Waals surface area (Å²) in [6.07, 6.45) is 0.894. The van der Waals surface area contributed by atoms with Gasteiger partial charge in [0.15, 0.2) is 0 Å². The van der Waals surface area contributed by atoms with Crippen LogP contribution in [0.4, 0.5) is 0 Å². The lowest BCUT2D eigenvalue weighted by molar-refractivity contribution is -0.120. The number of nitrogens with one attached hydrogen (secondary N) is 3. The zero-order valence-corrected chi connectivity index (χ0v) is 22.5. The van der Waals surface area contributed by atoms with Crippen molar-refractivity contribution in [2.24, 2.45) is 0 Å². The molecule has 39 heavy (non-hydrogen) atoms. The number of aliphatic hydroxyl groups is 1. The molecule has 19 nitrogen and oxygen atoms in total. The maximum Gasteiger partial charge on any atom is 0.487 e. The molecule has 1 saturated heterocycles. The standard InChI is InChI=1S/C17H26N5O14P3/c23-12-5-15(34-13(12)8-33-38(29,30)36-39(31,32)35-37(27)28)22-7-10(16(25)21-17(22)26)2-1-3-19-14(24)4-11-6-18-9-20-11/h6-7,9,12-13,15,23,27-28H,1-5,8H2,(H,18,20)(H,19,24)(H,29,30)(H,31,32)(H,21,25,26)/t12?,13-,15-/m1/s1. The smallest absolute Gasteiger partial charge is 0.390 e. The van der Waals surface area contributed by atoms with Crippen molar-refractivity contribution in [3.05, 3.63) is 50.8 Å². The minimum Gasteiger partial charge on any atom is -0.390 e. The number of imidazole rings is 1. The number of hydrogen-bond acceptors (Lipinski definition) is 13. The second-order valence-electron chi connectivity index (χ2n) is 8.11. The van der Waals surface area contributed by atoms with Gasteiger partial charge in [0.05, 0.1) is 25.5 Å². The van der Waals surface area contributed by atoms with E-state index in [-0.39, 0.29) is 37.3 Å². The molecule has 2 aromatic rings. The van der Waals surface area contributed by atoms with Gasteiger partial charge in [0, 0.05) is 36.6 Å². The van der Waals surface area contributed by atoms with Gasteiger partial charge >= 0.3 is 29.9 Å². The van der Waals surface area contributed by atoms with Crippen LogP contribution in [0.5, 0.6) is 0 Å². The normalized spacial score (nSPS) is 22.5. The Morgan fingerprint density at radius 3 is 2.69 bits per heavy atom. The Morgan fingerprint density at radius 1 is 1.28 bits per heavy atom. The largest absolute Gasteiger partial charge is 0.487 e. The molecule has 3 rings (SSSR count). The SMILES string of the molecule is O=C(Cc1cnc[nH]1)NCCCc1cn([C@H]2CC(O)[C@@H](COP(=O)(O)OP(=O)(O)OP(O)O)O2)c(=O)[nH]c1=O. The third kappa shape index (κ3) is 9.79. The number of aromatic amines is 2. The van der Waals surface area contributed by atoms with Crippen molar-refractivity contribution in [2.75, 3.05) is 13.2 Å². The molecule has 3 unspecified atom stereocenters. The first-order valence-corrected chi connectivity index (χ1v) is 15.2. The molecule has 1 aliphatic heterocycles. The van der Waals surface area contributed by atoms with Gasteiger partial charge in [-0.1, -0.05) is 0 Å². The summed E-state index contributed by atoms with van der Waals surface area (Å²) in [5.74, 6) is -0.251. The molecule has 0 bridgehead atoms. The number of aromatic nitrogens is 4. The highest BCUT2D eigenvalue weighted by atomic mass is 31.3. The third-order valence-electron chi connectivity index (χ3n) is 5.19. The van der Waals surface area contributed by atoms with Crippen molar-refractivity contribution >= 4 is 30.2 Å². The van der Waals surface area contributed by atoms with Gasteiger partial charge in [0.1, 0.15) is 12.3 Å². The van der Waals surface area contributed by atoms with Crippen LogP contribution >= 0.6 is 24.2 Å². The number of rotatable bonds is 14. The van der Waals surface area contributed by atoms with Crippen LogP contribution in [-0.4, -0.2) is 75.5 Å². The fourth-order valence-corrected chi connectivity index (χ4v) is 6.20. The summed E-state index contributed by atoms with van der Waals surface area (Å²) in [5, 5.41) is 13.0. The van der Waals surface area contributed by atoms with Crippen molar-refractivity contribution in [3.63, 3.8) is 0 Å². The summed E-state index contributed by atoms with van der Waals surface area (Å²) in [7, 11) is -14.1. The molecule has 0 saturated carbocycles. The van der Waals surface area contributed by atoms with Crippen molar-refractivity contribution in [1.82, 2.24) is 24.8 Å². The van der Waals surface area contributed by atoms with Gasteiger partial charge in [0.2, 0.25) is 5.91 Å². The maximum absolute atomic E-state index is 12.4. The number of carbonyl (C=O) groups excluding carboxylic acids is 1.